The zero-order valence-electron chi connectivity index (χ0n) is 10.8. The van der Waals surface area contributed by atoms with Crippen molar-refractivity contribution >= 4 is 11.9 Å². The fourth-order valence-corrected chi connectivity index (χ4v) is 2.42. The van der Waals surface area contributed by atoms with E-state index >= 15 is 0 Å². The van der Waals surface area contributed by atoms with Crippen LogP contribution in [-0.2, 0) is 9.59 Å². The summed E-state index contributed by atoms with van der Waals surface area (Å²) in [5.41, 5.74) is 0. The number of carbonyl (C=O) groups is 2. The van der Waals surface area contributed by atoms with Crippen molar-refractivity contribution in [2.24, 2.45) is 5.92 Å². The van der Waals surface area contributed by atoms with Crippen LogP contribution >= 0.6 is 0 Å². The zero-order valence-corrected chi connectivity index (χ0v) is 10.8. The monoisotopic (exact) mass is 242 g/mol. The van der Waals surface area contributed by atoms with Crippen LogP contribution in [-0.4, -0.2) is 59.5 Å². The smallest absolute Gasteiger partial charge is 0.305 e. The molecule has 1 saturated heterocycles. The van der Waals surface area contributed by atoms with Gasteiger partial charge in [-0.1, -0.05) is 13.8 Å². The van der Waals surface area contributed by atoms with Crippen molar-refractivity contribution in [1.29, 1.82) is 0 Å². The molecule has 0 bridgehead atoms. The molecule has 0 aromatic heterocycles. The number of rotatable bonds is 4. The van der Waals surface area contributed by atoms with E-state index in [1.807, 2.05) is 23.8 Å². The summed E-state index contributed by atoms with van der Waals surface area (Å²) in [6.07, 6.45) is 0.796. The van der Waals surface area contributed by atoms with Crippen LogP contribution < -0.4 is 0 Å². The lowest BCUT2D eigenvalue weighted by molar-refractivity contribution is -0.144. The van der Waals surface area contributed by atoms with E-state index in [2.05, 4.69) is 6.92 Å². The second-order valence-electron chi connectivity index (χ2n) is 4.94. The molecule has 0 aromatic rings. The topological polar surface area (TPSA) is 60.9 Å². The molecule has 98 valence electrons. The summed E-state index contributed by atoms with van der Waals surface area (Å²) in [5, 5.41) is 8.88. The van der Waals surface area contributed by atoms with Crippen molar-refractivity contribution < 1.29 is 14.7 Å². The molecule has 1 aliphatic heterocycles. The predicted octanol–water partition coefficient (Wildman–Crippen LogP) is 0.650. The van der Waals surface area contributed by atoms with Gasteiger partial charge in [0.2, 0.25) is 5.91 Å². The van der Waals surface area contributed by atoms with E-state index in [0.717, 1.165) is 19.5 Å². The zero-order chi connectivity index (χ0) is 13.0. The molecule has 1 N–H and O–H groups in total. The van der Waals surface area contributed by atoms with Gasteiger partial charge >= 0.3 is 5.97 Å². The third-order valence-electron chi connectivity index (χ3n) is 3.12. The molecule has 2 atom stereocenters. The fourth-order valence-electron chi connectivity index (χ4n) is 2.42. The molecule has 1 amide bonds. The number of likely N-dealkylation sites (N-methyl/N-ethyl adjacent to an activating group) is 1. The highest BCUT2D eigenvalue weighted by Crippen LogP contribution is 2.16. The Morgan fingerprint density at radius 1 is 1.47 bits per heavy atom. The summed E-state index contributed by atoms with van der Waals surface area (Å²) in [5.74, 6) is -0.573. The molecule has 1 aliphatic rings. The Morgan fingerprint density at radius 2 is 2.12 bits per heavy atom. The molecule has 2 unspecified atom stereocenters. The Balaban J connectivity index is 2.84. The molecule has 0 spiro atoms. The minimum atomic E-state index is -0.916. The van der Waals surface area contributed by atoms with Crippen molar-refractivity contribution in [3.63, 3.8) is 0 Å². The number of carbonyl (C=O) groups excluding carboxylic acids is 1. The summed E-state index contributed by atoms with van der Waals surface area (Å²) in [6, 6.07) is -0.510. The average Bonchev–Trinajstić information content (AvgIpc) is 2.31. The molecule has 5 heteroatoms. The highest BCUT2D eigenvalue weighted by atomic mass is 16.4. The second kappa shape index (κ2) is 6.00. The number of amides is 1. The van der Waals surface area contributed by atoms with Gasteiger partial charge in [0.25, 0.3) is 0 Å². The van der Waals surface area contributed by atoms with Gasteiger partial charge in [0.15, 0.2) is 0 Å². The van der Waals surface area contributed by atoms with Crippen LogP contribution in [0.15, 0.2) is 0 Å². The van der Waals surface area contributed by atoms with Gasteiger partial charge in [-0.2, -0.15) is 0 Å². The van der Waals surface area contributed by atoms with Crippen molar-refractivity contribution in [1.82, 2.24) is 9.80 Å². The Kier molecular flexibility index (Phi) is 4.93. The SMILES string of the molecule is CCCN1CC(C)CN(C)C(CC(=O)O)C1=O. The standard InChI is InChI=1S/C12H22N2O3/c1-4-5-14-8-9(2)7-13(3)10(12(14)17)6-11(15)16/h9-10H,4-8H2,1-3H3,(H,15,16). The lowest BCUT2D eigenvalue weighted by Gasteiger charge is -2.26. The van der Waals surface area contributed by atoms with Crippen LogP contribution in [0.25, 0.3) is 0 Å². The fraction of sp³-hybridized carbons (Fsp3) is 0.833. The highest BCUT2D eigenvalue weighted by molar-refractivity contribution is 5.86. The van der Waals surface area contributed by atoms with Gasteiger partial charge < -0.3 is 10.0 Å². The first-order valence-electron chi connectivity index (χ1n) is 6.16. The molecule has 0 aliphatic carbocycles. The van der Waals surface area contributed by atoms with Gasteiger partial charge in [-0.3, -0.25) is 14.5 Å². The first kappa shape index (κ1) is 14.0. The van der Waals surface area contributed by atoms with Gasteiger partial charge in [-0.25, -0.2) is 0 Å². The first-order valence-corrected chi connectivity index (χ1v) is 6.16. The van der Waals surface area contributed by atoms with Gasteiger partial charge in [0, 0.05) is 19.6 Å². The van der Waals surface area contributed by atoms with E-state index in [1.165, 1.54) is 0 Å². The Morgan fingerprint density at radius 3 is 2.65 bits per heavy atom. The van der Waals surface area contributed by atoms with E-state index in [9.17, 15) is 9.59 Å². The number of hydrogen-bond donors (Lipinski definition) is 1. The molecule has 1 rings (SSSR count). The number of hydrogen-bond acceptors (Lipinski definition) is 3. The predicted molar refractivity (Wildman–Crippen MR) is 64.7 cm³/mol. The number of carboxylic acids is 1. The molecule has 0 radical (unpaired) electrons. The maximum atomic E-state index is 12.2. The molecular weight excluding hydrogens is 220 g/mol. The van der Waals surface area contributed by atoms with Crippen molar-refractivity contribution in [2.75, 3.05) is 26.7 Å². The largest absolute Gasteiger partial charge is 0.481 e. The molecule has 17 heavy (non-hydrogen) atoms. The second-order valence-corrected chi connectivity index (χ2v) is 4.94. The molecule has 0 aromatic carbocycles. The maximum absolute atomic E-state index is 12.2. The van der Waals surface area contributed by atoms with Crippen LogP contribution in [0.1, 0.15) is 26.7 Å². The Labute approximate surface area is 102 Å². The van der Waals surface area contributed by atoms with E-state index in [4.69, 9.17) is 5.11 Å². The lowest BCUT2D eigenvalue weighted by atomic mass is 10.1. The van der Waals surface area contributed by atoms with E-state index < -0.39 is 12.0 Å². The number of nitrogens with zero attached hydrogens (tertiary/aromatic N) is 2. The molecule has 0 saturated carbocycles. The average molecular weight is 242 g/mol. The van der Waals surface area contributed by atoms with Crippen LogP contribution in [0.3, 0.4) is 0 Å². The van der Waals surface area contributed by atoms with E-state index in [1.54, 1.807) is 0 Å². The normalized spacial score (nSPS) is 27.0. The summed E-state index contributed by atoms with van der Waals surface area (Å²) >= 11 is 0. The van der Waals surface area contributed by atoms with Crippen LogP contribution in [0.2, 0.25) is 0 Å². The van der Waals surface area contributed by atoms with E-state index in [0.29, 0.717) is 12.5 Å². The number of carboxylic acid groups (broad SMARTS) is 1. The quantitative estimate of drug-likeness (QED) is 0.786. The van der Waals surface area contributed by atoms with Gasteiger partial charge in [0.05, 0.1) is 12.5 Å². The molecule has 5 nitrogen and oxygen atoms in total. The third kappa shape index (κ3) is 3.70. The minimum Gasteiger partial charge on any atom is -0.481 e. The highest BCUT2D eigenvalue weighted by Gasteiger charge is 2.33. The summed E-state index contributed by atoms with van der Waals surface area (Å²) in [7, 11) is 1.83. The summed E-state index contributed by atoms with van der Waals surface area (Å²) in [6.45, 7) is 6.33. The Bertz CT molecular complexity index is 293. The maximum Gasteiger partial charge on any atom is 0.305 e. The van der Waals surface area contributed by atoms with Gasteiger partial charge in [-0.15, -0.1) is 0 Å². The van der Waals surface area contributed by atoms with Gasteiger partial charge in [-0.05, 0) is 19.4 Å². The van der Waals surface area contributed by atoms with Crippen LogP contribution in [0.5, 0.6) is 0 Å². The summed E-state index contributed by atoms with van der Waals surface area (Å²) in [4.78, 5) is 26.7. The van der Waals surface area contributed by atoms with E-state index in [-0.39, 0.29) is 12.3 Å². The van der Waals surface area contributed by atoms with Gasteiger partial charge in [0.1, 0.15) is 0 Å². The third-order valence-corrected chi connectivity index (χ3v) is 3.12. The molecule has 1 heterocycles. The summed E-state index contributed by atoms with van der Waals surface area (Å²) < 4.78 is 0. The van der Waals surface area contributed by atoms with Crippen LogP contribution in [0.4, 0.5) is 0 Å². The lowest BCUT2D eigenvalue weighted by Crippen LogP contribution is -2.45. The Hall–Kier alpha value is -1.10. The van der Waals surface area contributed by atoms with Crippen molar-refractivity contribution in [3.05, 3.63) is 0 Å². The molecular formula is C12H22N2O3. The van der Waals surface area contributed by atoms with Crippen molar-refractivity contribution in [3.8, 4) is 0 Å². The molecule has 1 fully saturated rings. The van der Waals surface area contributed by atoms with Crippen molar-refractivity contribution in [2.45, 2.75) is 32.7 Å². The van der Waals surface area contributed by atoms with Crippen LogP contribution in [0, 0.1) is 5.92 Å². The number of aliphatic carboxylic acids is 1. The first-order chi connectivity index (χ1) is 7.95. The minimum absolute atomic E-state index is 0.0406.